The minimum Gasteiger partial charge on any atom is -0.326 e. The molecule has 3 aromatic carbocycles. The van der Waals surface area contributed by atoms with Crippen molar-refractivity contribution in [3.63, 3.8) is 0 Å². The molecule has 168 valence electrons. The fraction of sp³-hybridized carbons (Fsp3) is 0.0870. The van der Waals surface area contributed by atoms with E-state index in [1.807, 2.05) is 13.0 Å². The van der Waals surface area contributed by atoms with Crippen LogP contribution in [0.4, 0.5) is 16.5 Å². The lowest BCUT2D eigenvalue weighted by atomic mass is 10.2. The number of aromatic nitrogens is 1. The van der Waals surface area contributed by atoms with Crippen LogP contribution in [0.15, 0.2) is 71.6 Å². The zero-order chi connectivity index (χ0) is 23.6. The number of hydrogen-bond acceptors (Lipinski definition) is 6. The van der Waals surface area contributed by atoms with Crippen molar-refractivity contribution in [3.05, 3.63) is 77.9 Å². The second-order valence-corrected chi connectivity index (χ2v) is 10.0. The maximum atomic E-state index is 12.8. The van der Waals surface area contributed by atoms with Crippen molar-refractivity contribution in [2.75, 3.05) is 15.4 Å². The summed E-state index contributed by atoms with van der Waals surface area (Å²) in [6.45, 7) is 3.20. The topological polar surface area (TPSA) is 117 Å². The first-order valence-corrected chi connectivity index (χ1v) is 12.2. The Kier molecular flexibility index (Phi) is 6.12. The van der Waals surface area contributed by atoms with Crippen LogP contribution in [-0.4, -0.2) is 25.2 Å². The molecule has 0 aliphatic rings. The molecule has 0 aliphatic heterocycles. The number of benzene rings is 3. The molecule has 8 nitrogen and oxygen atoms in total. The van der Waals surface area contributed by atoms with Crippen LogP contribution in [0, 0.1) is 6.92 Å². The van der Waals surface area contributed by atoms with Gasteiger partial charge < -0.3 is 5.32 Å². The van der Waals surface area contributed by atoms with Crippen molar-refractivity contribution in [2.24, 2.45) is 0 Å². The van der Waals surface area contributed by atoms with Gasteiger partial charge in [-0.25, -0.2) is 13.4 Å². The van der Waals surface area contributed by atoms with Gasteiger partial charge in [-0.15, -0.1) is 0 Å². The van der Waals surface area contributed by atoms with E-state index in [0.717, 1.165) is 10.3 Å². The van der Waals surface area contributed by atoms with E-state index >= 15 is 0 Å². The Labute approximate surface area is 194 Å². The quantitative estimate of drug-likeness (QED) is 0.372. The zero-order valence-corrected chi connectivity index (χ0v) is 19.4. The van der Waals surface area contributed by atoms with E-state index in [0.29, 0.717) is 27.6 Å². The maximum absolute atomic E-state index is 12.8. The Hall–Kier alpha value is -3.76. The Bertz CT molecular complexity index is 1450. The molecule has 0 bridgehead atoms. The predicted octanol–water partition coefficient (Wildman–Crippen LogP) is 4.62. The molecule has 33 heavy (non-hydrogen) atoms. The maximum Gasteiger partial charge on any atom is 0.261 e. The van der Waals surface area contributed by atoms with Crippen LogP contribution in [0.2, 0.25) is 0 Å². The SMILES string of the molecule is CC(=O)Nc1ccc(S(=O)(=O)Nc2cc(C)c3nc(NC(=O)c4ccccc4)sc3c2)cc1. The number of aryl methyl sites for hydroxylation is 1. The number of carbonyl (C=O) groups is 2. The van der Waals surface area contributed by atoms with E-state index in [-0.39, 0.29) is 16.7 Å². The average Bonchev–Trinajstić information content (AvgIpc) is 3.17. The second-order valence-electron chi connectivity index (χ2n) is 7.29. The molecule has 0 fully saturated rings. The third kappa shape index (κ3) is 5.18. The number of carbonyl (C=O) groups excluding carboxylic acids is 2. The summed E-state index contributed by atoms with van der Waals surface area (Å²) in [5.74, 6) is -0.507. The minimum atomic E-state index is -3.84. The fourth-order valence-electron chi connectivity index (χ4n) is 3.20. The third-order valence-electron chi connectivity index (χ3n) is 4.68. The van der Waals surface area contributed by atoms with Gasteiger partial charge in [-0.05, 0) is 61.0 Å². The lowest BCUT2D eigenvalue weighted by molar-refractivity contribution is -0.114. The van der Waals surface area contributed by atoms with Gasteiger partial charge in [-0.1, -0.05) is 29.5 Å². The lowest BCUT2D eigenvalue weighted by Gasteiger charge is -2.10. The third-order valence-corrected chi connectivity index (χ3v) is 6.99. The van der Waals surface area contributed by atoms with Gasteiger partial charge in [0.1, 0.15) is 0 Å². The van der Waals surface area contributed by atoms with Gasteiger partial charge in [0.15, 0.2) is 5.13 Å². The van der Waals surface area contributed by atoms with Crippen LogP contribution >= 0.6 is 11.3 Å². The summed E-state index contributed by atoms with van der Waals surface area (Å²) < 4.78 is 29.0. The molecular formula is C23H20N4O4S2. The first-order valence-electron chi connectivity index (χ1n) is 9.89. The highest BCUT2D eigenvalue weighted by Crippen LogP contribution is 2.32. The first kappa shape index (κ1) is 22.4. The Morgan fingerprint density at radius 2 is 1.61 bits per heavy atom. The van der Waals surface area contributed by atoms with E-state index in [9.17, 15) is 18.0 Å². The molecule has 0 spiro atoms. The number of nitrogens with one attached hydrogen (secondary N) is 3. The van der Waals surface area contributed by atoms with Gasteiger partial charge in [0, 0.05) is 18.2 Å². The van der Waals surface area contributed by atoms with Crippen molar-refractivity contribution in [3.8, 4) is 0 Å². The molecule has 2 amide bonds. The first-order chi connectivity index (χ1) is 15.7. The zero-order valence-electron chi connectivity index (χ0n) is 17.7. The van der Waals surface area contributed by atoms with Crippen molar-refractivity contribution >= 4 is 59.9 Å². The summed E-state index contributed by atoms with van der Waals surface area (Å²) >= 11 is 1.26. The number of hydrogen-bond donors (Lipinski definition) is 3. The standard InChI is InChI=1S/C23H20N4O4S2/c1-14-12-18(27-33(30,31)19-10-8-17(9-11-19)24-15(2)28)13-20-21(14)25-23(32-20)26-22(29)16-6-4-3-5-7-16/h3-13,27H,1-2H3,(H,24,28)(H,25,26,29). The lowest BCUT2D eigenvalue weighted by Crippen LogP contribution is -2.13. The number of nitrogens with zero attached hydrogens (tertiary/aromatic N) is 1. The van der Waals surface area contributed by atoms with E-state index in [1.165, 1.54) is 42.5 Å². The van der Waals surface area contributed by atoms with Crippen molar-refractivity contribution in [2.45, 2.75) is 18.7 Å². The number of sulfonamides is 1. The van der Waals surface area contributed by atoms with Gasteiger partial charge in [0.2, 0.25) is 5.91 Å². The van der Waals surface area contributed by atoms with Crippen LogP contribution in [0.25, 0.3) is 10.2 Å². The smallest absolute Gasteiger partial charge is 0.261 e. The number of fused-ring (bicyclic) bond motifs is 1. The molecule has 0 atom stereocenters. The van der Waals surface area contributed by atoms with Crippen LogP contribution in [0.5, 0.6) is 0 Å². The highest BCUT2D eigenvalue weighted by atomic mass is 32.2. The molecule has 0 radical (unpaired) electrons. The van der Waals surface area contributed by atoms with Crippen LogP contribution < -0.4 is 15.4 Å². The normalized spacial score (nSPS) is 11.2. The summed E-state index contributed by atoms with van der Waals surface area (Å²) in [6.07, 6.45) is 0. The molecule has 0 unspecified atom stereocenters. The van der Waals surface area contributed by atoms with E-state index in [4.69, 9.17) is 0 Å². The van der Waals surface area contributed by atoms with E-state index in [2.05, 4.69) is 20.3 Å². The van der Waals surface area contributed by atoms with Gasteiger partial charge >= 0.3 is 0 Å². The highest BCUT2D eigenvalue weighted by Gasteiger charge is 2.17. The van der Waals surface area contributed by atoms with Gasteiger partial charge in [-0.3, -0.25) is 19.6 Å². The average molecular weight is 481 g/mol. The monoisotopic (exact) mass is 480 g/mol. The van der Waals surface area contributed by atoms with Crippen LogP contribution in [0.1, 0.15) is 22.8 Å². The van der Waals surface area contributed by atoms with Crippen molar-refractivity contribution < 1.29 is 18.0 Å². The van der Waals surface area contributed by atoms with E-state index in [1.54, 1.807) is 36.4 Å². The van der Waals surface area contributed by atoms with Gasteiger partial charge in [-0.2, -0.15) is 0 Å². The van der Waals surface area contributed by atoms with Gasteiger partial charge in [0.05, 0.1) is 20.8 Å². The van der Waals surface area contributed by atoms with Crippen LogP contribution in [-0.2, 0) is 14.8 Å². The molecule has 0 aliphatic carbocycles. The minimum absolute atomic E-state index is 0.0643. The summed E-state index contributed by atoms with van der Waals surface area (Å²) in [4.78, 5) is 28.1. The predicted molar refractivity (Wildman–Crippen MR) is 130 cm³/mol. The molecule has 4 aromatic rings. The number of anilines is 3. The molecule has 4 rings (SSSR count). The van der Waals surface area contributed by atoms with E-state index < -0.39 is 10.0 Å². The Morgan fingerprint density at radius 1 is 0.909 bits per heavy atom. The molecular weight excluding hydrogens is 460 g/mol. The van der Waals surface area contributed by atoms with Crippen LogP contribution in [0.3, 0.4) is 0 Å². The summed E-state index contributed by atoms with van der Waals surface area (Å²) in [7, 11) is -3.84. The van der Waals surface area contributed by atoms with Gasteiger partial charge in [0.25, 0.3) is 15.9 Å². The molecule has 3 N–H and O–H groups in total. The van der Waals surface area contributed by atoms with Crippen molar-refractivity contribution in [1.82, 2.24) is 4.98 Å². The molecule has 0 saturated heterocycles. The molecule has 10 heteroatoms. The summed E-state index contributed by atoms with van der Waals surface area (Å²) in [5, 5.41) is 5.81. The molecule has 1 aromatic heterocycles. The highest BCUT2D eigenvalue weighted by molar-refractivity contribution is 7.92. The second kappa shape index (κ2) is 9.00. The molecule has 0 saturated carbocycles. The number of amides is 2. The largest absolute Gasteiger partial charge is 0.326 e. The Balaban J connectivity index is 1.56. The molecule has 1 heterocycles. The fourth-order valence-corrected chi connectivity index (χ4v) is 5.22. The Morgan fingerprint density at radius 3 is 2.27 bits per heavy atom. The summed E-state index contributed by atoms with van der Waals surface area (Å²) in [6, 6.07) is 18.1. The number of thiazole rings is 1. The number of rotatable bonds is 6. The van der Waals surface area contributed by atoms with Crippen molar-refractivity contribution in [1.29, 1.82) is 0 Å². The summed E-state index contributed by atoms with van der Waals surface area (Å²) in [5.41, 5.74) is 2.86.